The Morgan fingerprint density at radius 1 is 0.500 bits per heavy atom. The largest absolute Gasteiger partial charge is 0.213 e. The van der Waals surface area contributed by atoms with Crippen LogP contribution in [0, 0.1) is 0 Å². The van der Waals surface area contributed by atoms with Gasteiger partial charge >= 0.3 is 0 Å². The number of hydrogen-bond acceptors (Lipinski definition) is 4. The quantitative estimate of drug-likeness (QED) is 0.263. The normalized spacial score (nSPS) is 19.6. The highest BCUT2D eigenvalue weighted by Crippen LogP contribution is 2.33. The lowest BCUT2D eigenvalue weighted by atomic mass is 9.90. The Bertz CT molecular complexity index is 372. The van der Waals surface area contributed by atoms with E-state index >= 15 is 0 Å². The van der Waals surface area contributed by atoms with Crippen molar-refractivity contribution in [2.45, 2.75) is 143 Å². The van der Waals surface area contributed by atoms with Crippen molar-refractivity contribution in [2.75, 3.05) is 26.2 Å². The van der Waals surface area contributed by atoms with Gasteiger partial charge in [0.2, 0.25) is 0 Å². The van der Waals surface area contributed by atoms with E-state index in [-0.39, 0.29) is 0 Å². The molecule has 0 aliphatic heterocycles. The summed E-state index contributed by atoms with van der Waals surface area (Å²) >= 11 is 0. The van der Waals surface area contributed by atoms with Crippen LogP contribution in [0.15, 0.2) is 0 Å². The number of rotatable bonds is 15. The van der Waals surface area contributed by atoms with E-state index < -0.39 is 0 Å². The van der Waals surface area contributed by atoms with Crippen LogP contribution < -0.4 is 0 Å². The molecule has 0 aromatic heterocycles. The van der Waals surface area contributed by atoms with Gasteiger partial charge in [-0.2, -0.15) is 0 Å². The standard InChI is InChI=1S/C26H54N4/c1-5-9-23-28(24-10-6-2)30(27(21-7-3)22-8-4)29(25-17-13-11-14-18-25)26-19-15-12-16-20-26/h25-26H,5-24H2,1-4H3. The second-order valence-corrected chi connectivity index (χ2v) is 9.85. The van der Waals surface area contributed by atoms with Crippen LogP contribution in [0.3, 0.4) is 0 Å². The molecule has 0 aromatic rings. The van der Waals surface area contributed by atoms with Crippen LogP contribution in [0.5, 0.6) is 0 Å². The van der Waals surface area contributed by atoms with Gasteiger partial charge in [-0.3, -0.25) is 0 Å². The van der Waals surface area contributed by atoms with Crippen molar-refractivity contribution in [3.8, 4) is 0 Å². The van der Waals surface area contributed by atoms with E-state index in [0.29, 0.717) is 0 Å². The molecule has 0 unspecified atom stereocenters. The molecule has 0 aromatic carbocycles. The van der Waals surface area contributed by atoms with E-state index in [1.54, 1.807) is 0 Å². The maximum absolute atomic E-state index is 2.95. The predicted octanol–water partition coefficient (Wildman–Crippen LogP) is 7.03. The number of hydrogen-bond donors (Lipinski definition) is 0. The highest BCUT2D eigenvalue weighted by atomic mass is 16.0. The lowest BCUT2D eigenvalue weighted by molar-refractivity contribution is -0.337. The third-order valence-corrected chi connectivity index (χ3v) is 7.11. The molecule has 0 atom stereocenters. The van der Waals surface area contributed by atoms with E-state index in [1.807, 2.05) is 0 Å². The van der Waals surface area contributed by atoms with Crippen LogP contribution >= 0.6 is 0 Å². The van der Waals surface area contributed by atoms with Gasteiger partial charge in [0.25, 0.3) is 0 Å². The summed E-state index contributed by atoms with van der Waals surface area (Å²) < 4.78 is 0. The Balaban J connectivity index is 2.38. The van der Waals surface area contributed by atoms with Crippen LogP contribution in [0.2, 0.25) is 0 Å². The van der Waals surface area contributed by atoms with E-state index in [0.717, 1.165) is 12.1 Å². The molecule has 4 heteroatoms. The molecular weight excluding hydrogens is 368 g/mol. The van der Waals surface area contributed by atoms with Crippen LogP contribution in [0.25, 0.3) is 0 Å². The molecule has 0 bridgehead atoms. The molecule has 0 heterocycles. The lowest BCUT2D eigenvalue weighted by Gasteiger charge is -2.54. The summed E-state index contributed by atoms with van der Waals surface area (Å²) in [5.74, 6) is 0. The molecule has 0 N–H and O–H groups in total. The molecule has 4 nitrogen and oxygen atoms in total. The average molecular weight is 423 g/mol. The third kappa shape index (κ3) is 8.07. The zero-order valence-electron chi connectivity index (χ0n) is 21.1. The number of nitrogens with zero attached hydrogens (tertiary/aromatic N) is 4. The van der Waals surface area contributed by atoms with Crippen LogP contribution in [-0.2, 0) is 0 Å². The van der Waals surface area contributed by atoms with Crippen molar-refractivity contribution in [3.05, 3.63) is 0 Å². The summed E-state index contributed by atoms with van der Waals surface area (Å²) in [7, 11) is 0. The monoisotopic (exact) mass is 422 g/mol. The van der Waals surface area contributed by atoms with Gasteiger partial charge in [0.15, 0.2) is 0 Å². The number of unbranched alkanes of at least 4 members (excludes halogenated alkanes) is 2. The third-order valence-electron chi connectivity index (χ3n) is 7.11. The summed E-state index contributed by atoms with van der Waals surface area (Å²) in [6.07, 6.45) is 21.8. The summed E-state index contributed by atoms with van der Waals surface area (Å²) in [6.45, 7) is 14.2. The molecule has 0 saturated heterocycles. The Labute approximate surface area is 189 Å². The van der Waals surface area contributed by atoms with Crippen molar-refractivity contribution in [2.24, 2.45) is 0 Å². The average Bonchev–Trinajstić information content (AvgIpc) is 2.79. The van der Waals surface area contributed by atoms with Crippen molar-refractivity contribution >= 4 is 0 Å². The van der Waals surface area contributed by atoms with Gasteiger partial charge in [-0.25, -0.2) is 15.0 Å². The maximum Gasteiger partial charge on any atom is 0.0276 e. The van der Waals surface area contributed by atoms with Crippen molar-refractivity contribution < 1.29 is 0 Å². The first kappa shape index (κ1) is 26.1. The van der Waals surface area contributed by atoms with Gasteiger partial charge in [0.05, 0.1) is 0 Å². The van der Waals surface area contributed by atoms with Crippen molar-refractivity contribution in [3.63, 3.8) is 0 Å². The van der Waals surface area contributed by atoms with Crippen LogP contribution in [0.4, 0.5) is 0 Å². The molecule has 30 heavy (non-hydrogen) atoms. The lowest BCUT2D eigenvalue weighted by Crippen LogP contribution is -2.67. The van der Waals surface area contributed by atoms with E-state index in [1.165, 1.54) is 129 Å². The van der Waals surface area contributed by atoms with E-state index in [2.05, 4.69) is 47.9 Å². The Morgan fingerprint density at radius 2 is 0.900 bits per heavy atom. The minimum atomic E-state index is 0.740. The first-order valence-electron chi connectivity index (χ1n) is 13.8. The summed E-state index contributed by atoms with van der Waals surface area (Å²) in [4.78, 5) is 0. The van der Waals surface area contributed by atoms with Gasteiger partial charge in [0.1, 0.15) is 0 Å². The predicted molar refractivity (Wildman–Crippen MR) is 131 cm³/mol. The van der Waals surface area contributed by atoms with E-state index in [9.17, 15) is 0 Å². The zero-order valence-corrected chi connectivity index (χ0v) is 21.1. The summed E-state index contributed by atoms with van der Waals surface area (Å²) in [5, 5.41) is 11.2. The second-order valence-electron chi connectivity index (χ2n) is 9.85. The van der Waals surface area contributed by atoms with Crippen molar-refractivity contribution in [1.29, 1.82) is 0 Å². The molecule has 178 valence electrons. The first-order chi connectivity index (χ1) is 14.8. The van der Waals surface area contributed by atoms with Crippen molar-refractivity contribution in [1.82, 2.24) is 20.3 Å². The highest BCUT2D eigenvalue weighted by molar-refractivity contribution is 4.82. The molecule has 2 rings (SSSR count). The fourth-order valence-corrected chi connectivity index (χ4v) is 5.53. The zero-order chi connectivity index (χ0) is 21.6. The fourth-order valence-electron chi connectivity index (χ4n) is 5.53. The number of hydrazine groups is 3. The topological polar surface area (TPSA) is 13.0 Å². The minimum absolute atomic E-state index is 0.740. The second kappa shape index (κ2) is 15.6. The molecule has 0 amide bonds. The van der Waals surface area contributed by atoms with Crippen LogP contribution in [0.1, 0.15) is 130 Å². The molecule has 2 saturated carbocycles. The molecule has 0 radical (unpaired) electrons. The Kier molecular flexibility index (Phi) is 13.6. The summed E-state index contributed by atoms with van der Waals surface area (Å²) in [5.41, 5.74) is 0. The molecular formula is C26H54N4. The fraction of sp³-hybridized carbons (Fsp3) is 1.00. The first-order valence-corrected chi connectivity index (χ1v) is 13.8. The molecule has 0 spiro atoms. The van der Waals surface area contributed by atoms with Crippen LogP contribution in [-0.4, -0.2) is 58.5 Å². The molecule has 2 fully saturated rings. The van der Waals surface area contributed by atoms with Gasteiger partial charge < -0.3 is 0 Å². The summed E-state index contributed by atoms with van der Waals surface area (Å²) in [6, 6.07) is 1.48. The SMILES string of the molecule is CCCCN(CCCC)N(N(CCC)CCC)N(C1CCCCC1)C1CCCCC1. The van der Waals surface area contributed by atoms with Gasteiger partial charge in [-0.05, 0) is 51.4 Å². The van der Waals surface area contributed by atoms with Gasteiger partial charge in [0, 0.05) is 38.3 Å². The van der Waals surface area contributed by atoms with Gasteiger partial charge in [-0.1, -0.05) is 79.1 Å². The molecule has 2 aliphatic rings. The Morgan fingerprint density at radius 3 is 1.27 bits per heavy atom. The van der Waals surface area contributed by atoms with Gasteiger partial charge in [-0.15, -0.1) is 5.23 Å². The molecule has 2 aliphatic carbocycles. The smallest absolute Gasteiger partial charge is 0.0276 e. The van der Waals surface area contributed by atoms with E-state index in [4.69, 9.17) is 0 Å². The highest BCUT2D eigenvalue weighted by Gasteiger charge is 2.38. The maximum atomic E-state index is 2.95. The Hall–Kier alpha value is -0.160. The minimum Gasteiger partial charge on any atom is -0.213 e.